The molecule has 5 nitrogen and oxygen atoms in total. The van der Waals surface area contributed by atoms with Crippen LogP contribution in [0.4, 0.5) is 0 Å². The number of para-hydroxylation sites is 1. The molecule has 2 heterocycles. The number of hydrogen-bond acceptors (Lipinski definition) is 4. The second-order valence-electron chi connectivity index (χ2n) is 4.38. The summed E-state index contributed by atoms with van der Waals surface area (Å²) in [5.74, 6) is 5.73. The summed E-state index contributed by atoms with van der Waals surface area (Å²) in [6, 6.07) is 15.7. The molecule has 20 heavy (non-hydrogen) atoms. The molecular formula is C15H15N5. The summed E-state index contributed by atoms with van der Waals surface area (Å²) in [5.41, 5.74) is 5.86. The number of pyridine rings is 1. The molecule has 0 fully saturated rings. The number of nitrogens with two attached hydrogens (primary N) is 1. The number of hydrogen-bond donors (Lipinski definition) is 2. The van der Waals surface area contributed by atoms with Crippen LogP contribution in [0.2, 0.25) is 0 Å². The summed E-state index contributed by atoms with van der Waals surface area (Å²) in [4.78, 5) is 4.03. The minimum Gasteiger partial charge on any atom is -0.271 e. The maximum atomic E-state index is 5.73. The zero-order valence-electron chi connectivity index (χ0n) is 10.8. The number of nitrogens with zero attached hydrogens (tertiary/aromatic N) is 3. The Bertz CT molecular complexity index is 663. The van der Waals surface area contributed by atoms with E-state index in [1.54, 1.807) is 18.6 Å². The minimum atomic E-state index is -0.138. The first-order valence-corrected chi connectivity index (χ1v) is 6.35. The SMILES string of the molecule is NNC(c1ccncc1)c1ccnn1-c1ccccc1. The van der Waals surface area contributed by atoms with E-state index in [0.717, 1.165) is 16.9 Å². The highest BCUT2D eigenvalue weighted by molar-refractivity contribution is 5.35. The standard InChI is InChI=1S/C15H15N5/c16-19-15(12-6-9-17-10-7-12)14-8-11-18-20(14)13-4-2-1-3-5-13/h1-11,15,19H,16H2. The van der Waals surface area contributed by atoms with Crippen LogP contribution < -0.4 is 11.3 Å². The molecule has 0 aliphatic carbocycles. The van der Waals surface area contributed by atoms with Crippen LogP contribution in [0.1, 0.15) is 17.3 Å². The highest BCUT2D eigenvalue weighted by Gasteiger charge is 2.17. The van der Waals surface area contributed by atoms with Gasteiger partial charge in [-0.15, -0.1) is 0 Å². The number of rotatable bonds is 4. The Morgan fingerprint density at radius 2 is 1.70 bits per heavy atom. The van der Waals surface area contributed by atoms with Gasteiger partial charge in [0.1, 0.15) is 0 Å². The van der Waals surface area contributed by atoms with Crippen LogP contribution in [-0.4, -0.2) is 14.8 Å². The second-order valence-corrected chi connectivity index (χ2v) is 4.38. The van der Waals surface area contributed by atoms with Crippen LogP contribution in [0.25, 0.3) is 5.69 Å². The van der Waals surface area contributed by atoms with E-state index < -0.39 is 0 Å². The second kappa shape index (κ2) is 5.64. The van der Waals surface area contributed by atoms with Crippen molar-refractivity contribution in [1.29, 1.82) is 0 Å². The van der Waals surface area contributed by atoms with Crippen molar-refractivity contribution in [3.05, 3.63) is 78.4 Å². The monoisotopic (exact) mass is 265 g/mol. The van der Waals surface area contributed by atoms with Crippen molar-refractivity contribution in [3.63, 3.8) is 0 Å². The number of nitrogens with one attached hydrogen (secondary N) is 1. The summed E-state index contributed by atoms with van der Waals surface area (Å²) < 4.78 is 1.88. The Morgan fingerprint density at radius 3 is 2.40 bits per heavy atom. The average Bonchev–Trinajstić information content (AvgIpc) is 2.99. The lowest BCUT2D eigenvalue weighted by Gasteiger charge is -2.18. The molecule has 0 saturated heterocycles. The van der Waals surface area contributed by atoms with Crippen molar-refractivity contribution < 1.29 is 0 Å². The summed E-state index contributed by atoms with van der Waals surface area (Å²) in [6.07, 6.45) is 5.28. The molecule has 0 aliphatic heterocycles. The van der Waals surface area contributed by atoms with Gasteiger partial charge in [0, 0.05) is 18.6 Å². The van der Waals surface area contributed by atoms with Gasteiger partial charge in [-0.2, -0.15) is 5.10 Å². The van der Waals surface area contributed by atoms with E-state index in [1.807, 2.05) is 53.2 Å². The Balaban J connectivity index is 2.04. The molecule has 0 saturated carbocycles. The molecule has 1 unspecified atom stereocenters. The van der Waals surface area contributed by atoms with Crippen LogP contribution in [0.5, 0.6) is 0 Å². The van der Waals surface area contributed by atoms with Crippen molar-refractivity contribution in [1.82, 2.24) is 20.2 Å². The third-order valence-corrected chi connectivity index (χ3v) is 3.17. The van der Waals surface area contributed by atoms with E-state index in [2.05, 4.69) is 15.5 Å². The lowest BCUT2D eigenvalue weighted by molar-refractivity contribution is 0.597. The third kappa shape index (κ3) is 2.32. The van der Waals surface area contributed by atoms with E-state index in [-0.39, 0.29) is 6.04 Å². The molecule has 3 aromatic rings. The van der Waals surface area contributed by atoms with Gasteiger partial charge in [0.05, 0.1) is 17.4 Å². The fraction of sp³-hybridized carbons (Fsp3) is 0.0667. The highest BCUT2D eigenvalue weighted by Crippen LogP contribution is 2.22. The van der Waals surface area contributed by atoms with Crippen molar-refractivity contribution >= 4 is 0 Å². The van der Waals surface area contributed by atoms with Crippen molar-refractivity contribution in [3.8, 4) is 5.69 Å². The molecule has 0 amide bonds. The van der Waals surface area contributed by atoms with Gasteiger partial charge in [-0.1, -0.05) is 18.2 Å². The van der Waals surface area contributed by atoms with Crippen LogP contribution in [0, 0.1) is 0 Å². The van der Waals surface area contributed by atoms with Crippen LogP contribution >= 0.6 is 0 Å². The first kappa shape index (κ1) is 12.5. The van der Waals surface area contributed by atoms with E-state index in [0.29, 0.717) is 0 Å². The smallest absolute Gasteiger partial charge is 0.0883 e. The minimum absolute atomic E-state index is 0.138. The highest BCUT2D eigenvalue weighted by atomic mass is 15.3. The Hall–Kier alpha value is -2.50. The van der Waals surface area contributed by atoms with Gasteiger partial charge in [-0.3, -0.25) is 10.8 Å². The van der Waals surface area contributed by atoms with Crippen molar-refractivity contribution in [2.24, 2.45) is 5.84 Å². The van der Waals surface area contributed by atoms with Gasteiger partial charge in [-0.25, -0.2) is 10.1 Å². The molecule has 1 aromatic carbocycles. The first-order valence-electron chi connectivity index (χ1n) is 6.35. The maximum Gasteiger partial charge on any atom is 0.0883 e. The lowest BCUT2D eigenvalue weighted by Crippen LogP contribution is -2.30. The van der Waals surface area contributed by atoms with Crippen molar-refractivity contribution in [2.75, 3.05) is 0 Å². The molecule has 0 spiro atoms. The largest absolute Gasteiger partial charge is 0.271 e. The maximum absolute atomic E-state index is 5.73. The number of benzene rings is 1. The van der Waals surface area contributed by atoms with Gasteiger partial charge in [0.2, 0.25) is 0 Å². The molecule has 3 rings (SSSR count). The summed E-state index contributed by atoms with van der Waals surface area (Å²) >= 11 is 0. The summed E-state index contributed by atoms with van der Waals surface area (Å²) in [6.45, 7) is 0. The molecule has 2 aromatic heterocycles. The predicted octanol–water partition coefficient (Wildman–Crippen LogP) is 1.82. The Labute approximate surface area is 117 Å². The molecule has 5 heteroatoms. The van der Waals surface area contributed by atoms with Gasteiger partial charge in [0.25, 0.3) is 0 Å². The number of aromatic nitrogens is 3. The van der Waals surface area contributed by atoms with Crippen LogP contribution in [0.15, 0.2) is 67.1 Å². The predicted molar refractivity (Wildman–Crippen MR) is 77.0 cm³/mol. The fourth-order valence-electron chi connectivity index (χ4n) is 2.23. The summed E-state index contributed by atoms with van der Waals surface area (Å²) in [7, 11) is 0. The quantitative estimate of drug-likeness (QED) is 0.557. The molecule has 100 valence electrons. The van der Waals surface area contributed by atoms with Crippen LogP contribution in [-0.2, 0) is 0 Å². The fourth-order valence-corrected chi connectivity index (χ4v) is 2.23. The molecule has 1 atom stereocenters. The molecular weight excluding hydrogens is 250 g/mol. The average molecular weight is 265 g/mol. The molecule has 0 bridgehead atoms. The topological polar surface area (TPSA) is 68.8 Å². The van der Waals surface area contributed by atoms with Gasteiger partial charge in [-0.05, 0) is 35.9 Å². The van der Waals surface area contributed by atoms with Gasteiger partial charge >= 0.3 is 0 Å². The Kier molecular flexibility index (Phi) is 3.54. The Morgan fingerprint density at radius 1 is 0.950 bits per heavy atom. The van der Waals surface area contributed by atoms with Gasteiger partial charge < -0.3 is 0 Å². The third-order valence-electron chi connectivity index (χ3n) is 3.17. The van der Waals surface area contributed by atoms with E-state index >= 15 is 0 Å². The molecule has 0 aliphatic rings. The normalized spacial score (nSPS) is 12.2. The van der Waals surface area contributed by atoms with Crippen molar-refractivity contribution in [2.45, 2.75) is 6.04 Å². The van der Waals surface area contributed by atoms with E-state index in [4.69, 9.17) is 5.84 Å². The van der Waals surface area contributed by atoms with Crippen LogP contribution in [0.3, 0.4) is 0 Å². The lowest BCUT2D eigenvalue weighted by atomic mass is 10.1. The molecule has 3 N–H and O–H groups in total. The molecule has 0 radical (unpaired) electrons. The zero-order chi connectivity index (χ0) is 13.8. The summed E-state index contributed by atoms with van der Waals surface area (Å²) in [5, 5.41) is 4.39. The van der Waals surface area contributed by atoms with Gasteiger partial charge in [0.15, 0.2) is 0 Å². The van der Waals surface area contributed by atoms with E-state index in [1.165, 1.54) is 0 Å². The zero-order valence-corrected chi connectivity index (χ0v) is 10.8. The first-order chi connectivity index (χ1) is 9.90. The number of hydrazine groups is 1. The van der Waals surface area contributed by atoms with E-state index in [9.17, 15) is 0 Å².